The van der Waals surface area contributed by atoms with Crippen LogP contribution in [0.5, 0.6) is 0 Å². The van der Waals surface area contributed by atoms with Gasteiger partial charge in [-0.1, -0.05) is 0 Å². The molecule has 0 aromatic carbocycles. The largest absolute Gasteiger partial charge is 0.697 e. The molecule has 3 nitrogen and oxygen atoms in total. The smallest absolute Gasteiger partial charge is 0.147 e. The summed E-state index contributed by atoms with van der Waals surface area (Å²) in [5.74, 6) is 0. The van der Waals surface area contributed by atoms with E-state index in [2.05, 4.69) is 9.05 Å². The second kappa shape index (κ2) is 8.31. The van der Waals surface area contributed by atoms with E-state index in [1.807, 2.05) is 0 Å². The Morgan fingerprint density at radius 3 is 1.78 bits per heavy atom. The van der Waals surface area contributed by atoms with Crippen LogP contribution in [0, 0.1) is 0 Å². The summed E-state index contributed by atoms with van der Waals surface area (Å²) >= 11 is 0. The maximum atomic E-state index is 10.3. The van der Waals surface area contributed by atoms with Crippen molar-refractivity contribution in [2.75, 3.05) is 13.2 Å². The molecule has 0 unspecified atom stereocenters. The molecule has 0 saturated carbocycles. The van der Waals surface area contributed by atoms with E-state index in [-0.39, 0.29) is 12.4 Å². The van der Waals surface area contributed by atoms with Gasteiger partial charge in [0.15, 0.2) is 0 Å². The highest BCUT2D eigenvalue weighted by Gasteiger charge is 2.15. The molecule has 0 bridgehead atoms. The minimum atomic E-state index is -1.83. The van der Waals surface area contributed by atoms with Crippen LogP contribution in [0.2, 0.25) is 0 Å². The quantitative estimate of drug-likeness (QED) is 0.611. The molecular weight excluding hydrogens is 162 g/mol. The first-order valence-corrected chi connectivity index (χ1v) is 3.63. The molecule has 0 aliphatic carbocycles. The predicted octanol–water partition coefficient (Wildman–Crippen LogP) is 2.14. The maximum absolute atomic E-state index is 10.3. The number of hydrogen-bond acceptors (Lipinski definition) is 3. The second-order valence-corrected chi connectivity index (χ2v) is 2.02. The lowest BCUT2D eigenvalue weighted by atomic mass is 10.9. The SMILES string of the molecule is CCO[P+](=O)OCC.Cl. The minimum absolute atomic E-state index is 0. The Hall–Kier alpha value is 0.310. The second-order valence-electron chi connectivity index (χ2n) is 1.06. The Labute approximate surface area is 62.1 Å². The van der Waals surface area contributed by atoms with Gasteiger partial charge in [-0.15, -0.1) is 21.5 Å². The molecule has 0 rings (SSSR count). The van der Waals surface area contributed by atoms with E-state index in [4.69, 9.17) is 0 Å². The lowest BCUT2D eigenvalue weighted by Crippen LogP contribution is -1.81. The van der Waals surface area contributed by atoms with Crippen LogP contribution in [-0.4, -0.2) is 13.2 Å². The summed E-state index contributed by atoms with van der Waals surface area (Å²) < 4.78 is 19.5. The summed E-state index contributed by atoms with van der Waals surface area (Å²) in [6.45, 7) is 4.42. The zero-order valence-corrected chi connectivity index (χ0v) is 7.21. The summed E-state index contributed by atoms with van der Waals surface area (Å²) in [4.78, 5) is 0. The average Bonchev–Trinajstić information content (AvgIpc) is 1.68. The number of hydrogen-bond donors (Lipinski definition) is 0. The van der Waals surface area contributed by atoms with E-state index < -0.39 is 8.25 Å². The number of rotatable bonds is 4. The van der Waals surface area contributed by atoms with Crippen molar-refractivity contribution in [2.45, 2.75) is 13.8 Å². The molecule has 56 valence electrons. The van der Waals surface area contributed by atoms with Gasteiger partial charge >= 0.3 is 8.25 Å². The van der Waals surface area contributed by atoms with Gasteiger partial charge in [-0.3, -0.25) is 0 Å². The molecule has 0 aliphatic rings. The van der Waals surface area contributed by atoms with Crippen LogP contribution in [0.1, 0.15) is 13.8 Å². The van der Waals surface area contributed by atoms with Crippen LogP contribution in [0.3, 0.4) is 0 Å². The normalized spacial score (nSPS) is 8.22. The first-order valence-electron chi connectivity index (χ1n) is 2.54. The fraction of sp³-hybridized carbons (Fsp3) is 1.00. The number of halogens is 1. The topological polar surface area (TPSA) is 35.5 Å². The first kappa shape index (κ1) is 12.0. The van der Waals surface area contributed by atoms with Crippen molar-refractivity contribution >= 4 is 20.7 Å². The van der Waals surface area contributed by atoms with Crippen molar-refractivity contribution in [3.8, 4) is 0 Å². The van der Waals surface area contributed by atoms with E-state index in [0.717, 1.165) is 0 Å². The Bertz CT molecular complexity index is 70.2. The van der Waals surface area contributed by atoms with Crippen LogP contribution in [0.4, 0.5) is 0 Å². The van der Waals surface area contributed by atoms with Crippen molar-refractivity contribution < 1.29 is 13.6 Å². The summed E-state index contributed by atoms with van der Waals surface area (Å²) in [5, 5.41) is 0. The third-order valence-corrected chi connectivity index (χ3v) is 1.41. The lowest BCUT2D eigenvalue weighted by molar-refractivity contribution is 0.243. The molecule has 9 heavy (non-hydrogen) atoms. The highest BCUT2D eigenvalue weighted by Crippen LogP contribution is 2.21. The van der Waals surface area contributed by atoms with Crippen LogP contribution >= 0.6 is 20.7 Å². The van der Waals surface area contributed by atoms with Gasteiger partial charge in [0.25, 0.3) is 0 Å². The highest BCUT2D eigenvalue weighted by atomic mass is 35.5. The maximum Gasteiger partial charge on any atom is 0.697 e. The lowest BCUT2D eigenvalue weighted by Gasteiger charge is -1.78. The molecule has 0 heterocycles. The van der Waals surface area contributed by atoms with Crippen molar-refractivity contribution in [3.63, 3.8) is 0 Å². The predicted molar refractivity (Wildman–Crippen MR) is 38.1 cm³/mol. The third kappa shape index (κ3) is 8.31. The van der Waals surface area contributed by atoms with Crippen LogP contribution in [-0.2, 0) is 13.6 Å². The standard InChI is InChI=1S/C4H10O3P.ClH/c1-3-6-8(5)7-4-2;/h3-4H2,1-2H3;1H/q+1;. The van der Waals surface area contributed by atoms with Gasteiger partial charge < -0.3 is 0 Å². The first-order chi connectivity index (χ1) is 3.81. The van der Waals surface area contributed by atoms with Gasteiger partial charge in [-0.25, -0.2) is 0 Å². The zero-order chi connectivity index (χ0) is 6.41. The fourth-order valence-corrected chi connectivity index (χ4v) is 0.744. The van der Waals surface area contributed by atoms with E-state index in [1.54, 1.807) is 13.8 Å². The molecule has 5 heteroatoms. The molecule has 0 saturated heterocycles. The molecule has 0 aliphatic heterocycles. The Balaban J connectivity index is 0. The molecule has 0 amide bonds. The van der Waals surface area contributed by atoms with Crippen LogP contribution in [0.25, 0.3) is 0 Å². The van der Waals surface area contributed by atoms with Gasteiger partial charge in [0.1, 0.15) is 13.2 Å². The van der Waals surface area contributed by atoms with Gasteiger partial charge in [0, 0.05) is 4.57 Å². The third-order valence-electron chi connectivity index (χ3n) is 0.469. The van der Waals surface area contributed by atoms with Gasteiger partial charge in [0.2, 0.25) is 0 Å². The van der Waals surface area contributed by atoms with Crippen molar-refractivity contribution in [1.29, 1.82) is 0 Å². The Kier molecular flexibility index (Phi) is 11.1. The zero-order valence-electron chi connectivity index (χ0n) is 5.49. The summed E-state index contributed by atoms with van der Waals surface area (Å²) in [6.07, 6.45) is 0. The van der Waals surface area contributed by atoms with E-state index >= 15 is 0 Å². The minimum Gasteiger partial charge on any atom is -0.147 e. The monoisotopic (exact) mass is 173 g/mol. The molecule has 0 fully saturated rings. The molecule has 0 spiro atoms. The van der Waals surface area contributed by atoms with Crippen molar-refractivity contribution in [3.05, 3.63) is 0 Å². The van der Waals surface area contributed by atoms with Crippen LogP contribution < -0.4 is 0 Å². The van der Waals surface area contributed by atoms with Crippen molar-refractivity contribution in [2.24, 2.45) is 0 Å². The summed E-state index contributed by atoms with van der Waals surface area (Å²) in [6, 6.07) is 0. The molecule has 0 atom stereocenters. The molecule has 0 aromatic rings. The van der Waals surface area contributed by atoms with Gasteiger partial charge in [-0.05, 0) is 13.8 Å². The average molecular weight is 174 g/mol. The van der Waals surface area contributed by atoms with Crippen LogP contribution in [0.15, 0.2) is 0 Å². The molecule has 0 radical (unpaired) electrons. The summed E-state index contributed by atoms with van der Waals surface area (Å²) in [5.41, 5.74) is 0. The van der Waals surface area contributed by atoms with E-state index in [9.17, 15) is 4.57 Å². The Morgan fingerprint density at radius 1 is 1.22 bits per heavy atom. The van der Waals surface area contributed by atoms with Gasteiger partial charge in [-0.2, -0.15) is 0 Å². The van der Waals surface area contributed by atoms with E-state index in [1.165, 1.54) is 0 Å². The molecule has 0 aromatic heterocycles. The molecule has 0 N–H and O–H groups in total. The summed E-state index contributed by atoms with van der Waals surface area (Å²) in [7, 11) is -1.83. The Morgan fingerprint density at radius 2 is 1.56 bits per heavy atom. The fourth-order valence-electron chi connectivity index (χ4n) is 0.248. The molecular formula is C4H11ClO3P+. The van der Waals surface area contributed by atoms with E-state index in [0.29, 0.717) is 13.2 Å². The van der Waals surface area contributed by atoms with Gasteiger partial charge in [0.05, 0.1) is 0 Å². The van der Waals surface area contributed by atoms with Crippen molar-refractivity contribution in [1.82, 2.24) is 0 Å². The highest BCUT2D eigenvalue weighted by molar-refractivity contribution is 7.33.